The Labute approximate surface area is 149 Å². The fraction of sp³-hybridized carbons (Fsp3) is 0.545. The molecule has 0 amide bonds. The largest absolute Gasteiger partial charge is 0.313 e. The summed E-state index contributed by atoms with van der Waals surface area (Å²) >= 11 is 0. The lowest BCUT2D eigenvalue weighted by atomic mass is 9.73. The van der Waals surface area contributed by atoms with Crippen LogP contribution in [0.5, 0.6) is 0 Å². The molecule has 1 aliphatic heterocycles. The Bertz CT molecular complexity index is 512. The molecule has 0 radical (unpaired) electrons. The Kier molecular flexibility index (Phi) is 8.44. The first-order chi connectivity index (χ1) is 11.6. The normalized spacial score (nSPS) is 21.1. The number of rotatable bonds is 3. The summed E-state index contributed by atoms with van der Waals surface area (Å²) < 4.78 is 0. The van der Waals surface area contributed by atoms with Gasteiger partial charge >= 0.3 is 0 Å². The Morgan fingerprint density at radius 1 is 1.21 bits per heavy atom. The molecule has 1 atom stereocenters. The number of hydrogen-bond donors (Lipinski definition) is 1. The van der Waals surface area contributed by atoms with E-state index in [-0.39, 0.29) is 0 Å². The van der Waals surface area contributed by atoms with Crippen LogP contribution in [0.4, 0.5) is 0 Å². The Morgan fingerprint density at radius 2 is 1.79 bits per heavy atom. The van der Waals surface area contributed by atoms with Gasteiger partial charge in [0.2, 0.25) is 0 Å². The van der Waals surface area contributed by atoms with Crippen molar-refractivity contribution in [1.82, 2.24) is 10.2 Å². The van der Waals surface area contributed by atoms with Crippen LogP contribution in [-0.4, -0.2) is 31.6 Å². The average Bonchev–Trinajstić information content (AvgIpc) is 2.94. The van der Waals surface area contributed by atoms with Gasteiger partial charge in [-0.1, -0.05) is 50.3 Å². The van der Waals surface area contributed by atoms with Crippen molar-refractivity contribution >= 4 is 0 Å². The molecule has 0 aromatic heterocycles. The zero-order chi connectivity index (χ0) is 18.2. The van der Waals surface area contributed by atoms with E-state index in [4.69, 9.17) is 0 Å². The summed E-state index contributed by atoms with van der Waals surface area (Å²) in [6.45, 7) is 19.7. The minimum Gasteiger partial charge on any atom is -0.313 e. The van der Waals surface area contributed by atoms with Crippen LogP contribution in [0.15, 0.2) is 49.6 Å². The first-order valence-corrected chi connectivity index (χ1v) is 9.28. The van der Waals surface area contributed by atoms with Gasteiger partial charge in [-0.05, 0) is 62.9 Å². The van der Waals surface area contributed by atoms with Crippen LogP contribution in [0.3, 0.4) is 0 Å². The number of nitrogens with zero attached hydrogens (tertiary/aromatic N) is 1. The van der Waals surface area contributed by atoms with Crippen LogP contribution in [-0.2, 0) is 5.41 Å². The Hall–Kier alpha value is -1.38. The molecule has 2 aliphatic rings. The minimum absolute atomic E-state index is 0.413. The molecule has 1 spiro atoms. The van der Waals surface area contributed by atoms with Gasteiger partial charge in [-0.3, -0.25) is 4.90 Å². The number of hydrogen-bond acceptors (Lipinski definition) is 2. The summed E-state index contributed by atoms with van der Waals surface area (Å²) in [6.07, 6.45) is 3.84. The molecule has 24 heavy (non-hydrogen) atoms. The van der Waals surface area contributed by atoms with Gasteiger partial charge in [-0.25, -0.2) is 0 Å². The molecular formula is C22H36N2. The second-order valence-electron chi connectivity index (χ2n) is 6.65. The fourth-order valence-corrected chi connectivity index (χ4v) is 4.15. The van der Waals surface area contributed by atoms with Gasteiger partial charge in [0.1, 0.15) is 0 Å². The third kappa shape index (κ3) is 4.37. The average molecular weight is 329 g/mol. The molecule has 1 fully saturated rings. The molecule has 3 rings (SSSR count). The van der Waals surface area contributed by atoms with E-state index in [9.17, 15) is 0 Å². The van der Waals surface area contributed by atoms with E-state index < -0.39 is 0 Å². The molecule has 1 saturated heterocycles. The molecule has 1 aromatic rings. The molecule has 0 saturated carbocycles. The quantitative estimate of drug-likeness (QED) is 0.778. The molecule has 2 heteroatoms. The van der Waals surface area contributed by atoms with Crippen molar-refractivity contribution in [3.63, 3.8) is 0 Å². The van der Waals surface area contributed by atoms with E-state index >= 15 is 0 Å². The third-order valence-electron chi connectivity index (χ3n) is 5.16. The molecule has 1 N–H and O–H groups in total. The summed E-state index contributed by atoms with van der Waals surface area (Å²) in [5.74, 6) is 0. The lowest BCUT2D eigenvalue weighted by Gasteiger charge is -2.40. The standard InChI is InChI=1S/C18H26N2.C2H6.C2H4/c1-14(2)13-20-10-8-18(9-11-20)12-17(19-3)15-6-4-5-7-16(15)18;2*1-2/h4-7,17,19H,1,8-13H2,2-3H3;1-2H3;1-2H2. The summed E-state index contributed by atoms with van der Waals surface area (Å²) in [4.78, 5) is 2.56. The monoisotopic (exact) mass is 328 g/mol. The van der Waals surface area contributed by atoms with Crippen molar-refractivity contribution in [3.8, 4) is 0 Å². The predicted octanol–water partition coefficient (Wildman–Crippen LogP) is 5.09. The smallest absolute Gasteiger partial charge is 0.0329 e. The van der Waals surface area contributed by atoms with Crippen LogP contribution >= 0.6 is 0 Å². The number of likely N-dealkylation sites (tertiary alicyclic amines) is 1. The van der Waals surface area contributed by atoms with E-state index in [1.54, 1.807) is 5.56 Å². The highest BCUT2D eigenvalue weighted by Gasteiger charge is 2.44. The maximum absolute atomic E-state index is 4.05. The lowest BCUT2D eigenvalue weighted by Crippen LogP contribution is -2.42. The second kappa shape index (κ2) is 9.80. The zero-order valence-corrected chi connectivity index (χ0v) is 16.2. The van der Waals surface area contributed by atoms with Crippen LogP contribution in [0.25, 0.3) is 0 Å². The van der Waals surface area contributed by atoms with Gasteiger partial charge in [0, 0.05) is 12.6 Å². The zero-order valence-electron chi connectivity index (χ0n) is 16.2. The topological polar surface area (TPSA) is 15.3 Å². The summed E-state index contributed by atoms with van der Waals surface area (Å²) in [5.41, 5.74) is 4.83. The van der Waals surface area contributed by atoms with Crippen molar-refractivity contribution < 1.29 is 0 Å². The highest BCUT2D eigenvalue weighted by Crippen LogP contribution is 2.50. The maximum Gasteiger partial charge on any atom is 0.0329 e. The van der Waals surface area contributed by atoms with Gasteiger partial charge in [0.25, 0.3) is 0 Å². The van der Waals surface area contributed by atoms with Crippen molar-refractivity contribution in [2.75, 3.05) is 26.7 Å². The van der Waals surface area contributed by atoms with Crippen LogP contribution in [0.1, 0.15) is 57.2 Å². The number of fused-ring (bicyclic) bond motifs is 2. The van der Waals surface area contributed by atoms with Crippen molar-refractivity contribution in [2.45, 2.75) is 51.5 Å². The molecule has 0 bridgehead atoms. The number of benzene rings is 1. The lowest BCUT2D eigenvalue weighted by molar-refractivity contribution is 0.163. The number of nitrogens with one attached hydrogen (secondary N) is 1. The second-order valence-corrected chi connectivity index (χ2v) is 6.65. The Balaban J connectivity index is 0.000000671. The van der Waals surface area contributed by atoms with Crippen LogP contribution in [0.2, 0.25) is 0 Å². The van der Waals surface area contributed by atoms with Crippen LogP contribution < -0.4 is 5.32 Å². The maximum atomic E-state index is 4.05. The molecule has 1 heterocycles. The van der Waals surface area contributed by atoms with Crippen molar-refractivity contribution in [2.24, 2.45) is 0 Å². The van der Waals surface area contributed by atoms with Gasteiger partial charge in [-0.2, -0.15) is 0 Å². The number of piperidine rings is 1. The summed E-state index contributed by atoms with van der Waals surface area (Å²) in [7, 11) is 2.09. The molecule has 134 valence electrons. The van der Waals surface area contributed by atoms with E-state index in [0.29, 0.717) is 11.5 Å². The molecule has 1 unspecified atom stereocenters. The van der Waals surface area contributed by atoms with Crippen molar-refractivity contribution in [3.05, 3.63) is 60.7 Å². The van der Waals surface area contributed by atoms with E-state index in [1.165, 1.54) is 43.5 Å². The summed E-state index contributed by atoms with van der Waals surface area (Å²) in [6, 6.07) is 9.60. The van der Waals surface area contributed by atoms with Gasteiger partial charge in [0.15, 0.2) is 0 Å². The van der Waals surface area contributed by atoms with Gasteiger partial charge in [0.05, 0.1) is 0 Å². The molecule has 1 aliphatic carbocycles. The van der Waals surface area contributed by atoms with E-state index in [1.807, 2.05) is 13.8 Å². The predicted molar refractivity (Wildman–Crippen MR) is 108 cm³/mol. The van der Waals surface area contributed by atoms with Crippen molar-refractivity contribution in [1.29, 1.82) is 0 Å². The van der Waals surface area contributed by atoms with Gasteiger partial charge in [-0.15, -0.1) is 13.2 Å². The minimum atomic E-state index is 0.413. The SMILES string of the molecule is C=C.C=C(C)CN1CCC2(CC1)CC(NC)c1ccccc12.CC. The van der Waals surface area contributed by atoms with E-state index in [0.717, 1.165) is 6.54 Å². The first kappa shape index (κ1) is 20.7. The van der Waals surface area contributed by atoms with Gasteiger partial charge < -0.3 is 5.32 Å². The van der Waals surface area contributed by atoms with Crippen LogP contribution in [0, 0.1) is 0 Å². The molecule has 1 aromatic carbocycles. The molecular weight excluding hydrogens is 292 g/mol. The highest BCUT2D eigenvalue weighted by molar-refractivity contribution is 5.42. The van der Waals surface area contributed by atoms with E-state index in [2.05, 4.69) is 68.2 Å². The third-order valence-corrected chi connectivity index (χ3v) is 5.16. The fourth-order valence-electron chi connectivity index (χ4n) is 4.15. The highest BCUT2D eigenvalue weighted by atomic mass is 15.1. The summed E-state index contributed by atoms with van der Waals surface area (Å²) in [5, 5.41) is 3.51. The molecule has 2 nitrogen and oxygen atoms in total. The Morgan fingerprint density at radius 3 is 2.33 bits per heavy atom. The first-order valence-electron chi connectivity index (χ1n) is 9.28.